The number of carbonyl (C=O) groups excluding carboxylic acids is 1. The second kappa shape index (κ2) is 8.07. The average molecular weight is 381 g/mol. The van der Waals surface area contributed by atoms with E-state index in [0.717, 1.165) is 11.3 Å². The quantitative estimate of drug-likeness (QED) is 0.550. The first-order chi connectivity index (χ1) is 11.4. The predicted octanol–water partition coefficient (Wildman–Crippen LogP) is 5.41. The Kier molecular flexibility index (Phi) is 6.10. The molecule has 2 N–H and O–H groups in total. The summed E-state index contributed by atoms with van der Waals surface area (Å²) in [6.45, 7) is 1.86. The van der Waals surface area contributed by atoms with Gasteiger partial charge in [0.2, 0.25) is 0 Å². The van der Waals surface area contributed by atoms with Crippen molar-refractivity contribution in [1.82, 2.24) is 0 Å². The number of hydrogen-bond acceptors (Lipinski definition) is 3. The van der Waals surface area contributed by atoms with E-state index >= 15 is 0 Å². The van der Waals surface area contributed by atoms with Crippen LogP contribution >= 0.6 is 34.8 Å². The number of nitriles is 1. The van der Waals surface area contributed by atoms with Crippen molar-refractivity contribution in [3.05, 3.63) is 68.8 Å². The van der Waals surface area contributed by atoms with Crippen LogP contribution in [-0.2, 0) is 4.79 Å². The third-order valence-corrected chi connectivity index (χ3v) is 4.08. The Morgan fingerprint density at radius 3 is 2.50 bits per heavy atom. The number of carbonyl (C=O) groups is 1. The van der Waals surface area contributed by atoms with E-state index in [1.54, 1.807) is 30.3 Å². The summed E-state index contributed by atoms with van der Waals surface area (Å²) in [5.41, 5.74) is 1.99. The highest BCUT2D eigenvalue weighted by molar-refractivity contribution is 6.42. The molecule has 2 rings (SSSR count). The number of halogens is 3. The maximum atomic E-state index is 12.2. The molecule has 0 radical (unpaired) electrons. The molecular formula is C17H12Cl3N3O. The summed E-state index contributed by atoms with van der Waals surface area (Å²) >= 11 is 17.6. The van der Waals surface area contributed by atoms with Crippen molar-refractivity contribution >= 4 is 52.1 Å². The Hall–Kier alpha value is -2.19. The topological polar surface area (TPSA) is 64.9 Å². The summed E-state index contributed by atoms with van der Waals surface area (Å²) in [6.07, 6.45) is 1.34. The molecule has 0 spiro atoms. The van der Waals surface area contributed by atoms with Crippen molar-refractivity contribution in [3.63, 3.8) is 0 Å². The van der Waals surface area contributed by atoms with E-state index in [1.165, 1.54) is 12.3 Å². The maximum absolute atomic E-state index is 12.2. The smallest absolute Gasteiger partial charge is 0.267 e. The molecule has 0 bridgehead atoms. The molecule has 0 fully saturated rings. The lowest BCUT2D eigenvalue weighted by atomic mass is 10.2. The van der Waals surface area contributed by atoms with Gasteiger partial charge in [0.1, 0.15) is 11.6 Å². The SMILES string of the molecule is Cc1cc(Cl)ccc1N/C=C(/C#N)C(=O)Nc1ccc(Cl)c(Cl)c1. The van der Waals surface area contributed by atoms with Crippen molar-refractivity contribution in [3.8, 4) is 6.07 Å². The van der Waals surface area contributed by atoms with E-state index in [2.05, 4.69) is 10.6 Å². The number of hydrogen-bond donors (Lipinski definition) is 2. The summed E-state index contributed by atoms with van der Waals surface area (Å²) in [6, 6.07) is 11.8. The van der Waals surface area contributed by atoms with Gasteiger partial charge in [-0.3, -0.25) is 4.79 Å². The molecule has 0 aromatic heterocycles. The standard InChI is InChI=1S/C17H12Cl3N3O/c1-10-6-12(18)2-5-16(10)22-9-11(8-21)17(24)23-13-3-4-14(19)15(20)7-13/h2-7,9,22H,1H3,(H,23,24)/b11-9-. The van der Waals surface area contributed by atoms with Gasteiger partial charge < -0.3 is 10.6 Å². The molecule has 2 aromatic rings. The zero-order valence-electron chi connectivity index (χ0n) is 12.5. The van der Waals surface area contributed by atoms with Gasteiger partial charge in [-0.25, -0.2) is 0 Å². The minimum absolute atomic E-state index is 0.0876. The molecule has 7 heteroatoms. The number of benzene rings is 2. The zero-order valence-corrected chi connectivity index (χ0v) is 14.8. The lowest BCUT2D eigenvalue weighted by Gasteiger charge is -2.08. The Labute approximate surface area is 154 Å². The lowest BCUT2D eigenvalue weighted by Crippen LogP contribution is -2.14. The van der Waals surface area contributed by atoms with Gasteiger partial charge >= 0.3 is 0 Å². The summed E-state index contributed by atoms with van der Waals surface area (Å²) in [5.74, 6) is -0.560. The molecule has 0 aliphatic carbocycles. The molecule has 0 aliphatic rings. The molecule has 0 unspecified atom stereocenters. The van der Waals surface area contributed by atoms with Crippen LogP contribution in [0.2, 0.25) is 15.1 Å². The summed E-state index contributed by atoms with van der Waals surface area (Å²) in [5, 5.41) is 16.0. The van der Waals surface area contributed by atoms with Crippen LogP contribution in [0.3, 0.4) is 0 Å². The van der Waals surface area contributed by atoms with Crippen LogP contribution in [0.25, 0.3) is 0 Å². The fourth-order valence-electron chi connectivity index (χ4n) is 1.86. The van der Waals surface area contributed by atoms with Gasteiger partial charge in [0.15, 0.2) is 0 Å². The third kappa shape index (κ3) is 4.65. The minimum atomic E-state index is -0.560. The van der Waals surface area contributed by atoms with Crippen molar-refractivity contribution in [1.29, 1.82) is 5.26 Å². The van der Waals surface area contributed by atoms with E-state index in [0.29, 0.717) is 20.8 Å². The van der Waals surface area contributed by atoms with Gasteiger partial charge in [-0.05, 0) is 48.9 Å². The highest BCUT2D eigenvalue weighted by Gasteiger charge is 2.10. The van der Waals surface area contributed by atoms with Gasteiger partial charge in [-0.15, -0.1) is 0 Å². The van der Waals surface area contributed by atoms with Crippen LogP contribution in [0.15, 0.2) is 48.2 Å². The average Bonchev–Trinajstić information content (AvgIpc) is 2.53. The van der Waals surface area contributed by atoms with E-state index in [4.69, 9.17) is 34.8 Å². The van der Waals surface area contributed by atoms with Gasteiger partial charge in [-0.2, -0.15) is 5.26 Å². The van der Waals surface area contributed by atoms with Gasteiger partial charge in [0.05, 0.1) is 10.0 Å². The second-order valence-corrected chi connectivity index (χ2v) is 6.11. The number of nitrogens with zero attached hydrogens (tertiary/aromatic N) is 1. The highest BCUT2D eigenvalue weighted by Crippen LogP contribution is 2.25. The molecule has 0 heterocycles. The van der Waals surface area contributed by atoms with Crippen molar-refractivity contribution in [2.24, 2.45) is 0 Å². The first-order valence-electron chi connectivity index (χ1n) is 6.80. The number of nitrogens with one attached hydrogen (secondary N) is 2. The first-order valence-corrected chi connectivity index (χ1v) is 7.93. The van der Waals surface area contributed by atoms with E-state index in [1.807, 2.05) is 13.0 Å². The second-order valence-electron chi connectivity index (χ2n) is 4.86. The normalized spacial score (nSPS) is 10.9. The Balaban J connectivity index is 2.13. The lowest BCUT2D eigenvalue weighted by molar-refractivity contribution is -0.112. The molecule has 4 nitrogen and oxygen atoms in total. The molecule has 2 aromatic carbocycles. The fourth-order valence-corrected chi connectivity index (χ4v) is 2.38. The summed E-state index contributed by atoms with van der Waals surface area (Å²) < 4.78 is 0. The molecule has 1 amide bonds. The van der Waals surface area contributed by atoms with Gasteiger partial charge in [0, 0.05) is 22.6 Å². The number of aryl methyl sites for hydroxylation is 1. The Bertz CT molecular complexity index is 857. The van der Waals surface area contributed by atoms with Crippen LogP contribution in [0.4, 0.5) is 11.4 Å². The van der Waals surface area contributed by atoms with Crippen LogP contribution in [0.5, 0.6) is 0 Å². The zero-order chi connectivity index (χ0) is 17.7. The van der Waals surface area contributed by atoms with Crippen molar-refractivity contribution < 1.29 is 4.79 Å². The predicted molar refractivity (Wildman–Crippen MR) is 98.6 cm³/mol. The van der Waals surface area contributed by atoms with E-state index in [9.17, 15) is 10.1 Å². The number of anilines is 2. The first kappa shape index (κ1) is 18.2. The molecule has 0 saturated carbocycles. The maximum Gasteiger partial charge on any atom is 0.267 e. The molecule has 0 atom stereocenters. The van der Waals surface area contributed by atoms with Crippen LogP contribution in [0, 0.1) is 18.3 Å². The third-order valence-electron chi connectivity index (χ3n) is 3.10. The Morgan fingerprint density at radius 2 is 1.88 bits per heavy atom. The summed E-state index contributed by atoms with van der Waals surface area (Å²) in [7, 11) is 0. The monoisotopic (exact) mass is 379 g/mol. The Morgan fingerprint density at radius 1 is 1.12 bits per heavy atom. The van der Waals surface area contributed by atoms with Crippen molar-refractivity contribution in [2.75, 3.05) is 10.6 Å². The fraction of sp³-hybridized carbons (Fsp3) is 0.0588. The summed E-state index contributed by atoms with van der Waals surface area (Å²) in [4.78, 5) is 12.2. The minimum Gasteiger partial charge on any atom is -0.360 e. The largest absolute Gasteiger partial charge is 0.360 e. The number of rotatable bonds is 4. The van der Waals surface area contributed by atoms with Crippen LogP contribution in [0.1, 0.15) is 5.56 Å². The van der Waals surface area contributed by atoms with Crippen LogP contribution in [-0.4, -0.2) is 5.91 Å². The molecule has 24 heavy (non-hydrogen) atoms. The van der Waals surface area contributed by atoms with E-state index in [-0.39, 0.29) is 5.57 Å². The molecular weight excluding hydrogens is 369 g/mol. The molecule has 0 aliphatic heterocycles. The van der Waals surface area contributed by atoms with Gasteiger partial charge in [-0.1, -0.05) is 34.8 Å². The van der Waals surface area contributed by atoms with Crippen LogP contribution < -0.4 is 10.6 Å². The molecule has 0 saturated heterocycles. The van der Waals surface area contributed by atoms with Crippen molar-refractivity contribution in [2.45, 2.75) is 6.92 Å². The highest BCUT2D eigenvalue weighted by atomic mass is 35.5. The van der Waals surface area contributed by atoms with Gasteiger partial charge in [0.25, 0.3) is 5.91 Å². The molecule has 122 valence electrons. The number of amides is 1. The van der Waals surface area contributed by atoms with E-state index < -0.39 is 5.91 Å².